The number of likely N-dealkylation sites (tertiary alicyclic amines) is 3. The second kappa shape index (κ2) is 9.96. The van der Waals surface area contributed by atoms with Crippen LogP contribution >= 0.6 is 0 Å². The Kier molecular flexibility index (Phi) is 7.20. The summed E-state index contributed by atoms with van der Waals surface area (Å²) in [4.78, 5) is 21.1. The fraction of sp³-hybridized carbons (Fsp3) is 0.963. The van der Waals surface area contributed by atoms with Crippen molar-refractivity contribution in [2.45, 2.75) is 100.0 Å². The van der Waals surface area contributed by atoms with Gasteiger partial charge in [-0.2, -0.15) is 22.0 Å². The molecule has 0 spiro atoms. The van der Waals surface area contributed by atoms with Gasteiger partial charge in [-0.25, -0.2) is 15.2 Å². The van der Waals surface area contributed by atoms with Crippen molar-refractivity contribution in [3.63, 3.8) is 0 Å². The molecule has 7 unspecified atom stereocenters. The van der Waals surface area contributed by atoms with Gasteiger partial charge in [0.05, 0.1) is 12.6 Å². The van der Waals surface area contributed by atoms with Crippen LogP contribution in [-0.4, -0.2) is 114 Å². The molecular formula is C27H42F6N6O. The van der Waals surface area contributed by atoms with E-state index in [-0.39, 0.29) is 50.5 Å². The number of carbonyl (C=O) groups excluding carboxylic acids is 1. The lowest BCUT2D eigenvalue weighted by atomic mass is 9.70. The number of hydrogen-bond acceptors (Lipinski definition) is 6. The SMILES string of the molecule is CN1CNNC1C(F)(F)[C@](C)(F)C1CCCC(N2CC3C(CC(N4C[C@@H]5C[C@H]4CN5C)CC3C(F)(F)F)C2=O)C1. The minimum atomic E-state index is -4.42. The third-order valence-electron chi connectivity index (χ3n) is 11.4. The predicted octanol–water partition coefficient (Wildman–Crippen LogP) is 3.04. The molecule has 2 bridgehead atoms. The van der Waals surface area contributed by atoms with Crippen molar-refractivity contribution in [2.75, 3.05) is 40.4 Å². The van der Waals surface area contributed by atoms with E-state index < -0.39 is 53.6 Å². The Morgan fingerprint density at radius 1 is 0.825 bits per heavy atom. The first kappa shape index (κ1) is 28.9. The minimum Gasteiger partial charge on any atom is -0.339 e. The lowest BCUT2D eigenvalue weighted by Gasteiger charge is -2.45. The number of halogens is 6. The molecule has 0 aromatic rings. The fourth-order valence-electron chi connectivity index (χ4n) is 9.02. The highest BCUT2D eigenvalue weighted by molar-refractivity contribution is 5.82. The van der Waals surface area contributed by atoms with Gasteiger partial charge in [-0.05, 0) is 65.5 Å². The molecule has 0 aromatic heterocycles. The molecule has 4 heterocycles. The number of piperazine rings is 1. The first-order valence-electron chi connectivity index (χ1n) is 14.8. The van der Waals surface area contributed by atoms with E-state index in [9.17, 15) is 18.0 Å². The summed E-state index contributed by atoms with van der Waals surface area (Å²) in [6.07, 6.45) is -3.37. The van der Waals surface area contributed by atoms with Crippen LogP contribution in [0.5, 0.6) is 0 Å². The maximum atomic E-state index is 16.1. The van der Waals surface area contributed by atoms with Crippen molar-refractivity contribution >= 4 is 5.91 Å². The Morgan fingerprint density at radius 3 is 2.17 bits per heavy atom. The Bertz CT molecular complexity index is 980. The van der Waals surface area contributed by atoms with Gasteiger partial charge in [0.2, 0.25) is 5.91 Å². The van der Waals surface area contributed by atoms with Crippen molar-refractivity contribution in [1.82, 2.24) is 30.5 Å². The monoisotopic (exact) mass is 580 g/mol. The van der Waals surface area contributed by atoms with Gasteiger partial charge in [-0.1, -0.05) is 6.42 Å². The van der Waals surface area contributed by atoms with Gasteiger partial charge in [0.25, 0.3) is 0 Å². The number of likely N-dealkylation sites (N-methyl/N-ethyl adjacent to an activating group) is 1. The normalized spacial score (nSPS) is 43.5. The van der Waals surface area contributed by atoms with Crippen LogP contribution in [0, 0.1) is 23.7 Å². The number of alkyl halides is 6. The number of carbonyl (C=O) groups is 1. The van der Waals surface area contributed by atoms with Crippen LogP contribution in [0.15, 0.2) is 0 Å². The van der Waals surface area contributed by atoms with E-state index in [1.54, 1.807) is 0 Å². The molecule has 6 fully saturated rings. The molecule has 4 saturated heterocycles. The summed E-state index contributed by atoms with van der Waals surface area (Å²) in [5, 5.41) is 0. The van der Waals surface area contributed by atoms with Crippen molar-refractivity contribution in [3.8, 4) is 0 Å². The van der Waals surface area contributed by atoms with Crippen molar-refractivity contribution < 1.29 is 31.1 Å². The van der Waals surface area contributed by atoms with Gasteiger partial charge in [0.1, 0.15) is 6.17 Å². The second-order valence-electron chi connectivity index (χ2n) is 13.6. The molecule has 1 amide bonds. The van der Waals surface area contributed by atoms with Gasteiger partial charge in [-0.15, -0.1) is 0 Å². The van der Waals surface area contributed by atoms with Crippen LogP contribution in [0.25, 0.3) is 0 Å². The molecule has 13 heteroatoms. The van der Waals surface area contributed by atoms with Crippen molar-refractivity contribution in [2.24, 2.45) is 23.7 Å². The zero-order chi connectivity index (χ0) is 28.8. The van der Waals surface area contributed by atoms with Crippen LogP contribution in [0.3, 0.4) is 0 Å². The molecule has 228 valence electrons. The van der Waals surface area contributed by atoms with Gasteiger partial charge in [0.15, 0.2) is 5.67 Å². The number of amides is 1. The first-order valence-corrected chi connectivity index (χ1v) is 14.8. The minimum absolute atomic E-state index is 0.00325. The lowest BCUT2D eigenvalue weighted by Crippen LogP contribution is -2.62. The highest BCUT2D eigenvalue weighted by atomic mass is 19.4. The number of hydrazine groups is 1. The van der Waals surface area contributed by atoms with Gasteiger partial charge in [-0.3, -0.25) is 14.6 Å². The molecule has 7 nitrogen and oxygen atoms in total. The van der Waals surface area contributed by atoms with E-state index >= 15 is 13.2 Å². The number of rotatable bonds is 5. The van der Waals surface area contributed by atoms with E-state index in [0.29, 0.717) is 25.3 Å². The topological polar surface area (TPSA) is 54.1 Å². The third kappa shape index (κ3) is 4.57. The molecular weight excluding hydrogens is 538 g/mol. The zero-order valence-corrected chi connectivity index (χ0v) is 23.4. The quantitative estimate of drug-likeness (QED) is 0.488. The number of nitrogens with zero attached hydrogens (tertiary/aromatic N) is 4. The van der Waals surface area contributed by atoms with Gasteiger partial charge < -0.3 is 9.80 Å². The summed E-state index contributed by atoms with van der Waals surface area (Å²) < 4.78 is 90.3. The Morgan fingerprint density at radius 2 is 1.57 bits per heavy atom. The van der Waals surface area contributed by atoms with E-state index in [0.717, 1.165) is 26.4 Å². The molecule has 2 N–H and O–H groups in total. The molecule has 0 radical (unpaired) electrons. The van der Waals surface area contributed by atoms with Gasteiger partial charge >= 0.3 is 12.1 Å². The average molecular weight is 581 g/mol. The standard InChI is InChI=1S/C27H42F6N6O/c1-25(28,26(29,30)24-35-34-14-37(24)3)15-5-4-6-16(7-15)39-13-21-20(23(39)40)9-17(10-22(21)27(31,32)33)38-12-18-8-19(38)11-36(18)2/h15-22,24,34-35H,4-14H2,1-3H3/t15?,16?,17?,18-,19-,20?,21?,22?,24?,25+/m0/s1. The molecule has 2 saturated carbocycles. The number of nitrogens with one attached hydrogen (secondary N) is 2. The lowest BCUT2D eigenvalue weighted by molar-refractivity contribution is -0.205. The maximum absolute atomic E-state index is 16.1. The predicted molar refractivity (Wildman–Crippen MR) is 136 cm³/mol. The summed E-state index contributed by atoms with van der Waals surface area (Å²) in [6, 6.07) is -0.245. The number of hydrogen-bond donors (Lipinski definition) is 2. The zero-order valence-electron chi connectivity index (χ0n) is 23.4. The Hall–Kier alpha value is -1.15. The van der Waals surface area contributed by atoms with Crippen LogP contribution in [0.1, 0.15) is 51.9 Å². The van der Waals surface area contributed by atoms with Crippen LogP contribution in [-0.2, 0) is 4.79 Å². The molecule has 4 aliphatic heterocycles. The van der Waals surface area contributed by atoms with E-state index in [2.05, 4.69) is 20.7 Å². The summed E-state index contributed by atoms with van der Waals surface area (Å²) >= 11 is 0. The van der Waals surface area contributed by atoms with E-state index in [1.165, 1.54) is 16.8 Å². The van der Waals surface area contributed by atoms with Crippen LogP contribution < -0.4 is 10.9 Å². The molecule has 2 aliphatic carbocycles. The Balaban J connectivity index is 1.19. The highest BCUT2D eigenvalue weighted by Crippen LogP contribution is 2.53. The molecule has 40 heavy (non-hydrogen) atoms. The maximum Gasteiger partial charge on any atom is 0.392 e. The first-order chi connectivity index (χ1) is 18.7. The van der Waals surface area contributed by atoms with Gasteiger partial charge in [0, 0.05) is 55.6 Å². The largest absolute Gasteiger partial charge is 0.392 e. The smallest absolute Gasteiger partial charge is 0.339 e. The van der Waals surface area contributed by atoms with Crippen LogP contribution in [0.2, 0.25) is 0 Å². The van der Waals surface area contributed by atoms with E-state index in [1.807, 2.05) is 7.05 Å². The molecule has 10 atom stereocenters. The third-order valence-corrected chi connectivity index (χ3v) is 11.4. The summed E-state index contributed by atoms with van der Waals surface area (Å²) in [6.45, 7) is 2.63. The molecule has 0 aromatic carbocycles. The van der Waals surface area contributed by atoms with Crippen molar-refractivity contribution in [3.05, 3.63) is 0 Å². The van der Waals surface area contributed by atoms with Crippen molar-refractivity contribution in [1.29, 1.82) is 0 Å². The Labute approximate surface area is 231 Å². The summed E-state index contributed by atoms with van der Waals surface area (Å²) in [7, 11) is 3.52. The second-order valence-corrected chi connectivity index (χ2v) is 13.6. The van der Waals surface area contributed by atoms with E-state index in [4.69, 9.17) is 0 Å². The van der Waals surface area contributed by atoms with Crippen LogP contribution in [0.4, 0.5) is 26.3 Å². The average Bonchev–Trinajstić information content (AvgIpc) is 3.66. The fourth-order valence-corrected chi connectivity index (χ4v) is 9.02. The molecule has 6 aliphatic rings. The summed E-state index contributed by atoms with van der Waals surface area (Å²) in [5.74, 6) is -8.19. The number of fused-ring (bicyclic) bond motifs is 3. The summed E-state index contributed by atoms with van der Waals surface area (Å²) in [5.41, 5.74) is 2.23. The molecule has 6 rings (SSSR count). The highest BCUT2D eigenvalue weighted by Gasteiger charge is 2.64.